The Kier molecular flexibility index (Phi) is 4.46. The quantitative estimate of drug-likeness (QED) is 0.451. The first-order valence-electron chi connectivity index (χ1n) is 5.79. The number of nitrogens with zero attached hydrogens (tertiary/aromatic N) is 2. The summed E-state index contributed by atoms with van der Waals surface area (Å²) >= 11 is 3.00. The molecule has 4 N–H and O–H groups in total. The second-order valence-corrected chi connectivity index (χ2v) is 4.78. The minimum atomic E-state index is -0.718. The Hall–Kier alpha value is -1.80. The number of aromatic nitrogens is 2. The van der Waals surface area contributed by atoms with Gasteiger partial charge in [-0.15, -0.1) is 0 Å². The molecule has 0 saturated heterocycles. The molecule has 0 aliphatic carbocycles. The van der Waals surface area contributed by atoms with Crippen molar-refractivity contribution in [3.8, 4) is 0 Å². The van der Waals surface area contributed by atoms with Gasteiger partial charge in [0.1, 0.15) is 29.1 Å². The fourth-order valence-corrected chi connectivity index (χ4v) is 1.89. The average Bonchev–Trinajstić information content (AvgIpc) is 2.44. The lowest BCUT2D eigenvalue weighted by Gasteiger charge is -2.10. The van der Waals surface area contributed by atoms with Gasteiger partial charge in [0, 0.05) is 18.6 Å². The van der Waals surface area contributed by atoms with E-state index < -0.39 is 11.6 Å². The van der Waals surface area contributed by atoms with Gasteiger partial charge in [-0.05, 0) is 22.0 Å². The molecule has 106 valence electrons. The summed E-state index contributed by atoms with van der Waals surface area (Å²) in [7, 11) is 0. The zero-order chi connectivity index (χ0) is 14.7. The molecule has 1 aromatic carbocycles. The van der Waals surface area contributed by atoms with Crippen LogP contribution in [0.5, 0.6) is 0 Å². The Morgan fingerprint density at radius 1 is 1.15 bits per heavy atom. The molecule has 2 aromatic rings. The van der Waals surface area contributed by atoms with E-state index in [1.165, 1.54) is 12.1 Å². The van der Waals surface area contributed by atoms with Crippen LogP contribution < -0.4 is 16.6 Å². The maximum atomic E-state index is 13.7. The van der Waals surface area contributed by atoms with Gasteiger partial charge in [-0.1, -0.05) is 6.92 Å². The number of hydrogen-bond donors (Lipinski definition) is 3. The summed E-state index contributed by atoms with van der Waals surface area (Å²) in [6, 6.07) is 3.61. The second-order valence-electron chi connectivity index (χ2n) is 3.92. The summed E-state index contributed by atoms with van der Waals surface area (Å²) in [5, 5.41) is 2.77. The highest BCUT2D eigenvalue weighted by Gasteiger charge is 2.10. The average molecular weight is 344 g/mol. The zero-order valence-corrected chi connectivity index (χ0v) is 12.1. The van der Waals surface area contributed by atoms with Crippen molar-refractivity contribution in [1.82, 2.24) is 9.97 Å². The van der Waals surface area contributed by atoms with Crippen LogP contribution in [0, 0.1) is 11.6 Å². The number of anilines is 3. The molecule has 0 spiro atoms. The number of aryl methyl sites for hydroxylation is 1. The number of hydrogen-bond acceptors (Lipinski definition) is 5. The Bertz CT molecular complexity index is 613. The van der Waals surface area contributed by atoms with Crippen molar-refractivity contribution < 1.29 is 8.78 Å². The lowest BCUT2D eigenvalue weighted by Crippen LogP contribution is -2.11. The Morgan fingerprint density at radius 3 is 2.50 bits per heavy atom. The summed E-state index contributed by atoms with van der Waals surface area (Å²) < 4.78 is 27.0. The predicted molar refractivity (Wildman–Crippen MR) is 76.6 cm³/mol. The van der Waals surface area contributed by atoms with Gasteiger partial charge in [-0.25, -0.2) is 24.6 Å². The molecule has 8 heteroatoms. The maximum Gasteiger partial charge on any atom is 0.149 e. The molecule has 0 fully saturated rings. The van der Waals surface area contributed by atoms with Crippen molar-refractivity contribution in [2.75, 3.05) is 10.7 Å². The van der Waals surface area contributed by atoms with E-state index in [0.29, 0.717) is 23.9 Å². The number of nitrogen functional groups attached to an aromatic ring is 1. The molecule has 0 radical (unpaired) electrons. The zero-order valence-electron chi connectivity index (χ0n) is 10.5. The van der Waals surface area contributed by atoms with Gasteiger partial charge in [0.25, 0.3) is 0 Å². The number of benzene rings is 1. The highest BCUT2D eigenvalue weighted by Crippen LogP contribution is 2.26. The van der Waals surface area contributed by atoms with E-state index in [-0.39, 0.29) is 10.2 Å². The van der Waals surface area contributed by atoms with Gasteiger partial charge >= 0.3 is 0 Å². The first kappa shape index (κ1) is 14.6. The van der Waals surface area contributed by atoms with Crippen LogP contribution in [-0.2, 0) is 6.42 Å². The number of nitrogens with one attached hydrogen (secondary N) is 2. The van der Waals surface area contributed by atoms with Crippen LogP contribution in [0.3, 0.4) is 0 Å². The van der Waals surface area contributed by atoms with Gasteiger partial charge in [0.15, 0.2) is 0 Å². The summed E-state index contributed by atoms with van der Waals surface area (Å²) in [5.74, 6) is 5.23. The third-order valence-electron chi connectivity index (χ3n) is 2.51. The largest absolute Gasteiger partial charge is 0.338 e. The molecule has 0 atom stereocenters. The smallest absolute Gasteiger partial charge is 0.149 e. The second kappa shape index (κ2) is 6.10. The normalized spacial score (nSPS) is 10.4. The van der Waals surface area contributed by atoms with Crippen molar-refractivity contribution in [3.63, 3.8) is 0 Å². The van der Waals surface area contributed by atoms with Gasteiger partial charge in [0.2, 0.25) is 0 Å². The maximum absolute atomic E-state index is 13.7. The van der Waals surface area contributed by atoms with Crippen molar-refractivity contribution in [2.45, 2.75) is 13.3 Å². The van der Waals surface area contributed by atoms with Crippen molar-refractivity contribution in [1.29, 1.82) is 0 Å². The Balaban J connectivity index is 2.36. The molecular formula is C12H12BrF2N5. The van der Waals surface area contributed by atoms with Crippen molar-refractivity contribution in [3.05, 3.63) is 40.1 Å². The summed E-state index contributed by atoms with van der Waals surface area (Å²) in [4.78, 5) is 8.31. The molecule has 0 amide bonds. The molecular weight excluding hydrogens is 332 g/mol. The summed E-state index contributed by atoms with van der Waals surface area (Å²) in [6.45, 7) is 1.88. The molecule has 1 aromatic heterocycles. The number of rotatable bonds is 4. The van der Waals surface area contributed by atoms with E-state index in [0.717, 1.165) is 6.07 Å². The van der Waals surface area contributed by atoms with Gasteiger partial charge in [-0.3, -0.25) is 0 Å². The van der Waals surface area contributed by atoms with Crippen LogP contribution in [0.2, 0.25) is 0 Å². The highest BCUT2D eigenvalue weighted by molar-refractivity contribution is 9.10. The van der Waals surface area contributed by atoms with Crippen molar-refractivity contribution in [2.24, 2.45) is 5.84 Å². The lowest BCUT2D eigenvalue weighted by atomic mass is 10.3. The third-order valence-corrected chi connectivity index (χ3v) is 3.12. The van der Waals surface area contributed by atoms with Gasteiger partial charge in [-0.2, -0.15) is 0 Å². The Morgan fingerprint density at radius 2 is 1.85 bits per heavy atom. The summed E-state index contributed by atoms with van der Waals surface area (Å²) in [6.07, 6.45) is 0.597. The lowest BCUT2D eigenvalue weighted by molar-refractivity contribution is 0.581. The first-order valence-corrected chi connectivity index (χ1v) is 6.59. The van der Waals surface area contributed by atoms with Crippen LogP contribution in [-0.4, -0.2) is 9.97 Å². The third kappa shape index (κ3) is 3.20. The standard InChI is InChI=1S/C12H12BrF2N5/c1-2-10-18-11(5-12(19-10)20-16)17-9-3-6(13)7(14)4-8(9)15/h3-5H,2,16H2,1H3,(H2,17,18,19,20). The molecule has 0 aliphatic rings. The van der Waals surface area contributed by atoms with Crippen LogP contribution in [0.1, 0.15) is 12.7 Å². The predicted octanol–water partition coefficient (Wildman–Crippen LogP) is 3.11. The van der Waals surface area contributed by atoms with Crippen LogP contribution in [0.4, 0.5) is 26.1 Å². The number of hydrazine groups is 1. The first-order chi connectivity index (χ1) is 9.53. The molecule has 5 nitrogen and oxygen atoms in total. The van der Waals surface area contributed by atoms with Crippen molar-refractivity contribution >= 4 is 33.3 Å². The van der Waals surface area contributed by atoms with E-state index in [4.69, 9.17) is 5.84 Å². The van der Waals surface area contributed by atoms with Crippen LogP contribution in [0.15, 0.2) is 22.7 Å². The molecule has 0 bridgehead atoms. The molecule has 0 aliphatic heterocycles. The Labute approximate surface area is 122 Å². The molecule has 20 heavy (non-hydrogen) atoms. The number of nitrogens with two attached hydrogens (primary N) is 1. The highest BCUT2D eigenvalue weighted by atomic mass is 79.9. The molecule has 2 rings (SSSR count). The fourth-order valence-electron chi connectivity index (χ4n) is 1.55. The monoisotopic (exact) mass is 343 g/mol. The molecule has 0 saturated carbocycles. The SMILES string of the molecule is CCc1nc(NN)cc(Nc2cc(Br)c(F)cc2F)n1. The minimum absolute atomic E-state index is 0.0991. The van der Waals surface area contributed by atoms with Gasteiger partial charge < -0.3 is 10.7 Å². The number of halogens is 3. The van der Waals surface area contributed by atoms with Gasteiger partial charge in [0.05, 0.1) is 10.2 Å². The van der Waals surface area contributed by atoms with Crippen LogP contribution >= 0.6 is 15.9 Å². The molecule has 1 heterocycles. The van der Waals surface area contributed by atoms with E-state index in [1.807, 2.05) is 6.92 Å². The minimum Gasteiger partial charge on any atom is -0.338 e. The van der Waals surface area contributed by atoms with E-state index in [9.17, 15) is 8.78 Å². The van der Waals surface area contributed by atoms with E-state index >= 15 is 0 Å². The summed E-state index contributed by atoms with van der Waals surface area (Å²) in [5.41, 5.74) is 2.51. The molecule has 0 unspecified atom stereocenters. The fraction of sp³-hybridized carbons (Fsp3) is 0.167. The topological polar surface area (TPSA) is 75.9 Å². The van der Waals surface area contributed by atoms with Crippen LogP contribution in [0.25, 0.3) is 0 Å². The van der Waals surface area contributed by atoms with E-state index in [1.54, 1.807) is 0 Å². The van der Waals surface area contributed by atoms with E-state index in [2.05, 4.69) is 36.6 Å².